The van der Waals surface area contributed by atoms with Crippen LogP contribution in [0.1, 0.15) is 10.4 Å². The lowest BCUT2D eigenvalue weighted by atomic mass is 10.1. The topological polar surface area (TPSA) is 26.3 Å². The molecular weight excluding hydrogens is 184 g/mol. The Labute approximate surface area is 79.4 Å². The van der Waals surface area contributed by atoms with Gasteiger partial charge in [-0.15, -0.1) is 0 Å². The van der Waals surface area contributed by atoms with E-state index < -0.39 is 10.3 Å². The standard InChI is InChI=1S/C10H12O2S/c1-13(2)7-9(11)8-5-3-4-6-10(8)12-13/h3-6H,7H2,1-2H3. The first kappa shape index (κ1) is 8.63. The van der Waals surface area contributed by atoms with Crippen molar-refractivity contribution in [3.8, 4) is 5.75 Å². The molecule has 3 heteroatoms. The molecule has 70 valence electrons. The molecule has 0 unspecified atom stereocenters. The SMILES string of the molecule is CS1(C)CC(=O)c2ccccc2O1. The number of Topliss-reactive ketones (excluding diaryl/α,β-unsaturated/α-hetero) is 1. The average Bonchev–Trinajstić information content (AvgIpc) is 2.02. The molecule has 1 aromatic carbocycles. The van der Waals surface area contributed by atoms with E-state index in [0.29, 0.717) is 5.75 Å². The number of benzene rings is 1. The number of fused-ring (bicyclic) bond motifs is 1. The fourth-order valence-electron chi connectivity index (χ4n) is 1.44. The zero-order valence-electron chi connectivity index (χ0n) is 7.74. The second kappa shape index (κ2) is 2.77. The maximum absolute atomic E-state index is 11.6. The van der Waals surface area contributed by atoms with Crippen molar-refractivity contribution in [2.75, 3.05) is 18.3 Å². The lowest BCUT2D eigenvalue weighted by Crippen LogP contribution is -2.22. The normalized spacial score (nSPS) is 21.5. The fourth-order valence-corrected chi connectivity index (χ4v) is 2.91. The number of carbonyl (C=O) groups excluding carboxylic acids is 1. The highest BCUT2D eigenvalue weighted by Gasteiger charge is 2.28. The van der Waals surface area contributed by atoms with Crippen LogP contribution in [0.4, 0.5) is 0 Å². The molecule has 2 nitrogen and oxygen atoms in total. The van der Waals surface area contributed by atoms with Gasteiger partial charge in [0, 0.05) is 0 Å². The van der Waals surface area contributed by atoms with Crippen LogP contribution in [0.15, 0.2) is 24.3 Å². The molecule has 1 aliphatic heterocycles. The maximum atomic E-state index is 11.6. The first-order chi connectivity index (χ1) is 6.08. The molecule has 1 heterocycles. The van der Waals surface area contributed by atoms with Gasteiger partial charge < -0.3 is 4.18 Å². The van der Waals surface area contributed by atoms with E-state index >= 15 is 0 Å². The molecule has 0 aromatic heterocycles. The van der Waals surface area contributed by atoms with Crippen LogP contribution in [0, 0.1) is 0 Å². The van der Waals surface area contributed by atoms with E-state index in [9.17, 15) is 4.79 Å². The molecule has 0 radical (unpaired) electrons. The van der Waals surface area contributed by atoms with Crippen LogP contribution in [-0.4, -0.2) is 24.0 Å². The van der Waals surface area contributed by atoms with Gasteiger partial charge in [-0.25, -0.2) is 0 Å². The summed E-state index contributed by atoms with van der Waals surface area (Å²) in [7, 11) is -1.19. The summed E-state index contributed by atoms with van der Waals surface area (Å²) >= 11 is 0. The van der Waals surface area contributed by atoms with Gasteiger partial charge in [0.2, 0.25) is 0 Å². The Kier molecular flexibility index (Phi) is 1.84. The Morgan fingerprint density at radius 2 is 2.00 bits per heavy atom. The highest BCUT2D eigenvalue weighted by atomic mass is 32.3. The van der Waals surface area contributed by atoms with Crippen LogP contribution >= 0.6 is 10.3 Å². The molecule has 13 heavy (non-hydrogen) atoms. The predicted octanol–water partition coefficient (Wildman–Crippen LogP) is 2.24. The van der Waals surface area contributed by atoms with E-state index in [1.165, 1.54) is 0 Å². The van der Waals surface area contributed by atoms with Gasteiger partial charge in [-0.05, 0) is 24.6 Å². The quantitative estimate of drug-likeness (QED) is 0.636. The third-order valence-electron chi connectivity index (χ3n) is 1.98. The summed E-state index contributed by atoms with van der Waals surface area (Å²) in [5.41, 5.74) is 0.731. The van der Waals surface area contributed by atoms with Crippen molar-refractivity contribution >= 4 is 16.1 Å². The van der Waals surface area contributed by atoms with Crippen molar-refractivity contribution in [2.24, 2.45) is 0 Å². The van der Waals surface area contributed by atoms with Gasteiger partial charge in [0.1, 0.15) is 5.75 Å². The molecular formula is C10H12O2S. The number of rotatable bonds is 0. The Morgan fingerprint density at radius 1 is 1.31 bits per heavy atom. The number of hydrogen-bond acceptors (Lipinski definition) is 2. The molecule has 0 saturated heterocycles. The summed E-state index contributed by atoms with van der Waals surface area (Å²) in [5.74, 6) is 1.50. The van der Waals surface area contributed by atoms with Crippen LogP contribution in [0.2, 0.25) is 0 Å². The van der Waals surface area contributed by atoms with E-state index in [1.807, 2.05) is 36.8 Å². The molecule has 0 spiro atoms. The van der Waals surface area contributed by atoms with E-state index in [-0.39, 0.29) is 5.78 Å². The minimum atomic E-state index is -1.19. The molecule has 0 aliphatic carbocycles. The highest BCUT2D eigenvalue weighted by Crippen LogP contribution is 2.47. The number of hydrogen-bond donors (Lipinski definition) is 0. The molecule has 0 bridgehead atoms. The summed E-state index contributed by atoms with van der Waals surface area (Å²) in [4.78, 5) is 11.6. The molecule has 0 saturated carbocycles. The van der Waals surface area contributed by atoms with E-state index in [1.54, 1.807) is 0 Å². The van der Waals surface area contributed by atoms with E-state index in [4.69, 9.17) is 4.18 Å². The first-order valence-corrected chi connectivity index (χ1v) is 6.65. The zero-order chi connectivity index (χ0) is 9.47. The summed E-state index contributed by atoms with van der Waals surface area (Å²) in [6.45, 7) is 0. The Bertz CT molecular complexity index is 358. The van der Waals surface area contributed by atoms with Crippen LogP contribution in [-0.2, 0) is 0 Å². The lowest BCUT2D eigenvalue weighted by Gasteiger charge is -2.35. The molecule has 1 aliphatic rings. The number of carbonyl (C=O) groups is 1. The first-order valence-electron chi connectivity index (χ1n) is 4.11. The fraction of sp³-hybridized carbons (Fsp3) is 0.300. The maximum Gasteiger partial charge on any atom is 0.178 e. The van der Waals surface area contributed by atoms with Gasteiger partial charge in [-0.2, -0.15) is 0 Å². The van der Waals surface area contributed by atoms with Crippen LogP contribution in [0.25, 0.3) is 0 Å². The molecule has 1 aromatic rings. The smallest absolute Gasteiger partial charge is 0.178 e. The highest BCUT2D eigenvalue weighted by molar-refractivity contribution is 8.29. The van der Waals surface area contributed by atoms with Gasteiger partial charge in [-0.3, -0.25) is 4.79 Å². The minimum absolute atomic E-state index is 0.210. The van der Waals surface area contributed by atoms with Crippen molar-refractivity contribution in [1.82, 2.24) is 0 Å². The Morgan fingerprint density at radius 3 is 2.77 bits per heavy atom. The number of para-hydroxylation sites is 1. The van der Waals surface area contributed by atoms with Gasteiger partial charge in [0.25, 0.3) is 0 Å². The summed E-state index contributed by atoms with van der Waals surface area (Å²) in [6, 6.07) is 7.45. The van der Waals surface area contributed by atoms with E-state index in [2.05, 4.69) is 0 Å². The summed E-state index contributed by atoms with van der Waals surface area (Å²) < 4.78 is 5.75. The van der Waals surface area contributed by atoms with Crippen molar-refractivity contribution < 1.29 is 8.98 Å². The number of ketones is 1. The molecule has 0 amide bonds. The van der Waals surface area contributed by atoms with E-state index in [0.717, 1.165) is 11.3 Å². The summed E-state index contributed by atoms with van der Waals surface area (Å²) in [6.07, 6.45) is 4.03. The zero-order valence-corrected chi connectivity index (χ0v) is 8.56. The van der Waals surface area contributed by atoms with Crippen molar-refractivity contribution in [3.63, 3.8) is 0 Å². The lowest BCUT2D eigenvalue weighted by molar-refractivity contribution is 0.101. The van der Waals surface area contributed by atoms with Gasteiger partial charge in [-0.1, -0.05) is 22.4 Å². The van der Waals surface area contributed by atoms with Crippen LogP contribution in [0.5, 0.6) is 5.75 Å². The molecule has 2 rings (SSSR count). The molecule has 0 N–H and O–H groups in total. The molecule has 0 atom stereocenters. The van der Waals surface area contributed by atoms with Gasteiger partial charge in [0.15, 0.2) is 5.78 Å². The monoisotopic (exact) mass is 196 g/mol. The Hall–Kier alpha value is -0.960. The average molecular weight is 196 g/mol. The third-order valence-corrected chi connectivity index (χ3v) is 3.57. The second-order valence-corrected chi connectivity index (χ2v) is 6.91. The summed E-state index contributed by atoms with van der Waals surface area (Å²) in [5, 5.41) is 0. The van der Waals surface area contributed by atoms with Gasteiger partial charge in [0.05, 0.1) is 11.3 Å². The van der Waals surface area contributed by atoms with Crippen LogP contribution < -0.4 is 4.18 Å². The minimum Gasteiger partial charge on any atom is -0.448 e. The van der Waals surface area contributed by atoms with Gasteiger partial charge >= 0.3 is 0 Å². The molecule has 0 fully saturated rings. The largest absolute Gasteiger partial charge is 0.448 e. The van der Waals surface area contributed by atoms with Crippen molar-refractivity contribution in [3.05, 3.63) is 29.8 Å². The van der Waals surface area contributed by atoms with Crippen molar-refractivity contribution in [2.45, 2.75) is 0 Å². The predicted molar refractivity (Wildman–Crippen MR) is 55.7 cm³/mol. The van der Waals surface area contributed by atoms with Crippen LogP contribution in [0.3, 0.4) is 0 Å². The second-order valence-electron chi connectivity index (χ2n) is 3.58. The Balaban J connectivity index is 2.49. The third kappa shape index (κ3) is 1.56. The van der Waals surface area contributed by atoms with Crippen molar-refractivity contribution in [1.29, 1.82) is 0 Å².